The number of benzene rings is 2. The third kappa shape index (κ3) is 5.14. The molecule has 0 saturated heterocycles. The van der Waals surface area contributed by atoms with E-state index in [0.29, 0.717) is 23.8 Å². The number of rotatable bonds is 6. The highest BCUT2D eigenvalue weighted by atomic mass is 35.5. The molecular formula is C18H20ClF3N2. The summed E-state index contributed by atoms with van der Waals surface area (Å²) in [5, 5.41) is 0.600. The third-order valence-corrected chi connectivity index (χ3v) is 4.05. The highest BCUT2D eigenvalue weighted by Gasteiger charge is 2.29. The minimum atomic E-state index is -4.31. The number of halogens is 4. The van der Waals surface area contributed by atoms with Gasteiger partial charge in [0.05, 0.1) is 5.56 Å². The molecule has 0 aliphatic rings. The van der Waals surface area contributed by atoms with Crippen LogP contribution in [0.5, 0.6) is 0 Å². The maximum Gasteiger partial charge on any atom is 0.416 e. The molecule has 2 aromatic carbocycles. The van der Waals surface area contributed by atoms with Crippen molar-refractivity contribution in [1.29, 1.82) is 0 Å². The van der Waals surface area contributed by atoms with Crippen LogP contribution in [0.2, 0.25) is 5.02 Å². The van der Waals surface area contributed by atoms with Crippen molar-refractivity contribution in [2.45, 2.75) is 32.6 Å². The molecule has 0 saturated carbocycles. The van der Waals surface area contributed by atoms with Crippen LogP contribution < -0.4 is 5.73 Å². The Morgan fingerprint density at radius 2 is 1.71 bits per heavy atom. The first-order valence-electron chi connectivity index (χ1n) is 7.72. The normalized spacial score (nSPS) is 11.9. The van der Waals surface area contributed by atoms with Gasteiger partial charge in [-0.25, -0.2) is 0 Å². The lowest BCUT2D eigenvalue weighted by atomic mass is 10.1. The minimum Gasteiger partial charge on any atom is -0.399 e. The van der Waals surface area contributed by atoms with Crippen LogP contribution in [0.3, 0.4) is 0 Å². The van der Waals surface area contributed by atoms with Gasteiger partial charge in [-0.05, 0) is 48.4 Å². The van der Waals surface area contributed by atoms with Crippen molar-refractivity contribution < 1.29 is 13.2 Å². The van der Waals surface area contributed by atoms with Gasteiger partial charge in [0, 0.05) is 23.8 Å². The Kier molecular flexibility index (Phi) is 6.13. The molecule has 0 radical (unpaired) electrons. The first-order chi connectivity index (χ1) is 11.3. The molecular weight excluding hydrogens is 337 g/mol. The number of nitrogen functional groups attached to an aromatic ring is 1. The lowest BCUT2D eigenvalue weighted by Crippen LogP contribution is -2.24. The maximum atomic E-state index is 12.6. The van der Waals surface area contributed by atoms with E-state index in [-0.39, 0.29) is 0 Å². The first kappa shape index (κ1) is 18.6. The molecule has 6 heteroatoms. The molecule has 0 spiro atoms. The Bertz CT molecular complexity index is 669. The molecule has 130 valence electrons. The van der Waals surface area contributed by atoms with Gasteiger partial charge in [0.2, 0.25) is 0 Å². The predicted octanol–water partition coefficient (Wildman–Crippen LogP) is 5.35. The predicted molar refractivity (Wildman–Crippen MR) is 91.7 cm³/mol. The van der Waals surface area contributed by atoms with Crippen LogP contribution in [0.1, 0.15) is 30.0 Å². The Morgan fingerprint density at radius 1 is 1.04 bits per heavy atom. The molecule has 0 fully saturated rings. The molecule has 0 heterocycles. The van der Waals surface area contributed by atoms with E-state index in [0.717, 1.165) is 36.2 Å². The summed E-state index contributed by atoms with van der Waals surface area (Å²) in [6, 6.07) is 10.7. The fourth-order valence-electron chi connectivity index (χ4n) is 2.52. The van der Waals surface area contributed by atoms with Gasteiger partial charge in [-0.15, -0.1) is 0 Å². The summed E-state index contributed by atoms with van der Waals surface area (Å²) in [7, 11) is 0. The van der Waals surface area contributed by atoms with E-state index >= 15 is 0 Å². The average Bonchev–Trinajstić information content (AvgIpc) is 2.50. The third-order valence-electron chi connectivity index (χ3n) is 3.70. The molecule has 2 aromatic rings. The molecule has 0 amide bonds. The summed E-state index contributed by atoms with van der Waals surface area (Å²) in [5.41, 5.74) is 7.46. The summed E-state index contributed by atoms with van der Waals surface area (Å²) >= 11 is 6.22. The molecule has 0 aromatic heterocycles. The molecule has 2 nitrogen and oxygen atoms in total. The van der Waals surface area contributed by atoms with Gasteiger partial charge in [-0.3, -0.25) is 4.90 Å². The monoisotopic (exact) mass is 356 g/mol. The standard InChI is InChI=1S/C18H20ClF3N2/c1-2-9-24(12-14-5-8-16(23)10-17(14)19)11-13-3-6-15(7-4-13)18(20,21)22/h3-8,10H,2,9,11-12,23H2,1H3. The van der Waals surface area contributed by atoms with E-state index in [2.05, 4.69) is 11.8 Å². The van der Waals surface area contributed by atoms with E-state index < -0.39 is 11.7 Å². The van der Waals surface area contributed by atoms with E-state index in [4.69, 9.17) is 17.3 Å². The Morgan fingerprint density at radius 3 is 2.25 bits per heavy atom. The highest BCUT2D eigenvalue weighted by Crippen LogP contribution is 2.29. The summed E-state index contributed by atoms with van der Waals surface area (Å²) in [4.78, 5) is 2.15. The maximum absolute atomic E-state index is 12.6. The van der Waals surface area contributed by atoms with Crippen LogP contribution in [-0.4, -0.2) is 11.4 Å². The lowest BCUT2D eigenvalue weighted by molar-refractivity contribution is -0.137. The van der Waals surface area contributed by atoms with Crippen molar-refractivity contribution in [2.24, 2.45) is 0 Å². The molecule has 2 rings (SSSR count). The molecule has 0 aliphatic carbocycles. The van der Waals surface area contributed by atoms with Gasteiger partial charge in [-0.1, -0.05) is 36.7 Å². The number of hydrogen-bond donors (Lipinski definition) is 1. The zero-order chi connectivity index (χ0) is 17.7. The summed E-state index contributed by atoms with van der Waals surface area (Å²) in [5.74, 6) is 0. The summed E-state index contributed by atoms with van der Waals surface area (Å²) in [6.07, 6.45) is -3.37. The van der Waals surface area contributed by atoms with Crippen LogP contribution in [0.15, 0.2) is 42.5 Å². The Balaban J connectivity index is 2.10. The van der Waals surface area contributed by atoms with Gasteiger partial charge in [0.15, 0.2) is 0 Å². The number of anilines is 1. The Hall–Kier alpha value is -1.72. The van der Waals surface area contributed by atoms with Gasteiger partial charge in [0.1, 0.15) is 0 Å². The molecule has 2 N–H and O–H groups in total. The minimum absolute atomic E-state index is 0.562. The van der Waals surface area contributed by atoms with E-state index in [1.165, 1.54) is 12.1 Å². The molecule has 0 bridgehead atoms. The van der Waals surface area contributed by atoms with Crippen LogP contribution in [0, 0.1) is 0 Å². The smallest absolute Gasteiger partial charge is 0.399 e. The SMILES string of the molecule is CCCN(Cc1ccc(C(F)(F)F)cc1)Cc1ccc(N)cc1Cl. The molecule has 0 aliphatic heterocycles. The van der Waals surface area contributed by atoms with E-state index in [1.807, 2.05) is 6.07 Å². The average molecular weight is 357 g/mol. The Labute approximate surface area is 145 Å². The largest absolute Gasteiger partial charge is 0.416 e. The lowest BCUT2D eigenvalue weighted by Gasteiger charge is -2.23. The van der Waals surface area contributed by atoms with Crippen molar-refractivity contribution >= 4 is 17.3 Å². The number of alkyl halides is 3. The van der Waals surface area contributed by atoms with Crippen molar-refractivity contribution in [2.75, 3.05) is 12.3 Å². The molecule has 0 atom stereocenters. The highest BCUT2D eigenvalue weighted by molar-refractivity contribution is 6.31. The first-order valence-corrected chi connectivity index (χ1v) is 8.09. The van der Waals surface area contributed by atoms with Gasteiger partial charge >= 0.3 is 6.18 Å². The second-order valence-electron chi connectivity index (χ2n) is 5.76. The summed E-state index contributed by atoms with van der Waals surface area (Å²) in [6.45, 7) is 4.06. The van der Waals surface area contributed by atoms with Crippen LogP contribution in [-0.2, 0) is 19.3 Å². The van der Waals surface area contributed by atoms with Crippen LogP contribution in [0.4, 0.5) is 18.9 Å². The fraction of sp³-hybridized carbons (Fsp3) is 0.333. The molecule has 0 unspecified atom stereocenters. The van der Waals surface area contributed by atoms with Crippen LogP contribution >= 0.6 is 11.6 Å². The molecule has 24 heavy (non-hydrogen) atoms. The zero-order valence-electron chi connectivity index (χ0n) is 13.4. The van der Waals surface area contributed by atoms with Crippen molar-refractivity contribution in [3.05, 3.63) is 64.2 Å². The second kappa shape index (κ2) is 7.90. The van der Waals surface area contributed by atoms with Crippen molar-refractivity contribution in [3.63, 3.8) is 0 Å². The number of hydrogen-bond acceptors (Lipinski definition) is 2. The summed E-state index contributed by atoms with van der Waals surface area (Å²) < 4.78 is 37.9. The zero-order valence-corrected chi connectivity index (χ0v) is 14.2. The number of nitrogens with zero attached hydrogens (tertiary/aromatic N) is 1. The number of nitrogens with two attached hydrogens (primary N) is 1. The van der Waals surface area contributed by atoms with Crippen molar-refractivity contribution in [3.8, 4) is 0 Å². The van der Waals surface area contributed by atoms with Gasteiger partial charge in [-0.2, -0.15) is 13.2 Å². The van der Waals surface area contributed by atoms with Crippen LogP contribution in [0.25, 0.3) is 0 Å². The van der Waals surface area contributed by atoms with Crippen molar-refractivity contribution in [1.82, 2.24) is 4.90 Å². The van der Waals surface area contributed by atoms with Gasteiger partial charge < -0.3 is 5.73 Å². The topological polar surface area (TPSA) is 29.3 Å². The van der Waals surface area contributed by atoms with E-state index in [9.17, 15) is 13.2 Å². The van der Waals surface area contributed by atoms with E-state index in [1.54, 1.807) is 12.1 Å². The quantitative estimate of drug-likeness (QED) is 0.706. The second-order valence-corrected chi connectivity index (χ2v) is 6.16. The van der Waals surface area contributed by atoms with Gasteiger partial charge in [0.25, 0.3) is 0 Å². The fourth-order valence-corrected chi connectivity index (χ4v) is 2.77.